The van der Waals surface area contributed by atoms with Crippen molar-refractivity contribution in [2.24, 2.45) is 5.92 Å². The van der Waals surface area contributed by atoms with Crippen molar-refractivity contribution < 1.29 is 4.39 Å². The summed E-state index contributed by atoms with van der Waals surface area (Å²) in [6.45, 7) is 0. The SMILES string of the molecule is CNC(CCC1CCCCC1)Cc1c(F)cccc1Cl. The third kappa shape index (κ3) is 4.46. The number of hydrogen-bond acceptors (Lipinski definition) is 1. The average Bonchev–Trinajstić information content (AvgIpc) is 2.47. The third-order valence-corrected chi connectivity index (χ3v) is 4.92. The molecule has 0 amide bonds. The van der Waals surface area contributed by atoms with Gasteiger partial charge in [-0.05, 0) is 44.4 Å². The summed E-state index contributed by atoms with van der Waals surface area (Å²) >= 11 is 6.11. The fourth-order valence-electron chi connectivity index (χ4n) is 3.23. The summed E-state index contributed by atoms with van der Waals surface area (Å²) in [5.74, 6) is 0.686. The molecule has 0 aliphatic heterocycles. The van der Waals surface area contributed by atoms with Crippen LogP contribution in [0.25, 0.3) is 0 Å². The highest BCUT2D eigenvalue weighted by molar-refractivity contribution is 6.31. The monoisotopic (exact) mass is 297 g/mol. The lowest BCUT2D eigenvalue weighted by Crippen LogP contribution is -2.29. The van der Waals surface area contributed by atoms with Crippen LogP contribution in [-0.4, -0.2) is 13.1 Å². The Bertz CT molecular complexity index is 395. The maximum atomic E-state index is 13.8. The largest absolute Gasteiger partial charge is 0.317 e. The molecule has 1 aromatic rings. The van der Waals surface area contributed by atoms with E-state index in [2.05, 4.69) is 5.32 Å². The number of benzene rings is 1. The highest BCUT2D eigenvalue weighted by Crippen LogP contribution is 2.28. The molecule has 0 heterocycles. The molecule has 1 aliphatic rings. The molecular weight excluding hydrogens is 273 g/mol. The molecule has 0 aromatic heterocycles. The Morgan fingerprint density at radius 1 is 1.30 bits per heavy atom. The lowest BCUT2D eigenvalue weighted by Gasteiger charge is -2.24. The zero-order chi connectivity index (χ0) is 14.4. The van der Waals surface area contributed by atoms with Crippen molar-refractivity contribution in [2.75, 3.05) is 7.05 Å². The fourth-order valence-corrected chi connectivity index (χ4v) is 3.48. The molecule has 2 rings (SSSR count). The zero-order valence-electron chi connectivity index (χ0n) is 12.3. The highest BCUT2D eigenvalue weighted by atomic mass is 35.5. The minimum Gasteiger partial charge on any atom is -0.317 e. The van der Waals surface area contributed by atoms with Crippen molar-refractivity contribution in [3.8, 4) is 0 Å². The molecule has 1 nitrogen and oxygen atoms in total. The molecule has 1 N–H and O–H groups in total. The van der Waals surface area contributed by atoms with Crippen molar-refractivity contribution in [3.63, 3.8) is 0 Å². The summed E-state index contributed by atoms with van der Waals surface area (Å²) in [7, 11) is 1.96. The first-order valence-corrected chi connectivity index (χ1v) is 8.18. The van der Waals surface area contributed by atoms with Crippen molar-refractivity contribution >= 4 is 11.6 Å². The lowest BCUT2D eigenvalue weighted by molar-refractivity contribution is 0.315. The van der Waals surface area contributed by atoms with E-state index in [4.69, 9.17) is 11.6 Å². The van der Waals surface area contributed by atoms with E-state index >= 15 is 0 Å². The Hall–Kier alpha value is -0.600. The molecule has 0 radical (unpaired) electrons. The standard InChI is InChI=1S/C17H25ClFN/c1-20-14(11-10-13-6-3-2-4-7-13)12-15-16(18)8-5-9-17(15)19/h5,8-9,13-14,20H,2-4,6-7,10-12H2,1H3. The van der Waals surface area contributed by atoms with E-state index in [1.165, 1.54) is 44.6 Å². The van der Waals surface area contributed by atoms with Gasteiger partial charge in [-0.15, -0.1) is 0 Å². The van der Waals surface area contributed by atoms with Gasteiger partial charge in [0.15, 0.2) is 0 Å². The number of likely N-dealkylation sites (N-methyl/N-ethyl adjacent to an activating group) is 1. The van der Waals surface area contributed by atoms with Gasteiger partial charge in [0.05, 0.1) is 0 Å². The van der Waals surface area contributed by atoms with Crippen LogP contribution >= 0.6 is 11.6 Å². The minimum absolute atomic E-state index is 0.185. The van der Waals surface area contributed by atoms with Crippen molar-refractivity contribution in [1.29, 1.82) is 0 Å². The summed E-state index contributed by atoms with van der Waals surface area (Å²) < 4.78 is 13.8. The maximum absolute atomic E-state index is 13.8. The van der Waals surface area contributed by atoms with Crippen LogP contribution < -0.4 is 5.32 Å². The van der Waals surface area contributed by atoms with Crippen LogP contribution in [0.2, 0.25) is 5.02 Å². The molecule has 1 fully saturated rings. The van der Waals surface area contributed by atoms with Gasteiger partial charge in [0, 0.05) is 16.6 Å². The summed E-state index contributed by atoms with van der Waals surface area (Å²) in [6.07, 6.45) is 9.94. The predicted molar refractivity (Wildman–Crippen MR) is 83.8 cm³/mol. The van der Waals surface area contributed by atoms with Gasteiger partial charge < -0.3 is 5.32 Å². The normalized spacial score (nSPS) is 18.1. The van der Waals surface area contributed by atoms with Crippen LogP contribution in [0.15, 0.2) is 18.2 Å². The third-order valence-electron chi connectivity index (χ3n) is 4.57. The zero-order valence-corrected chi connectivity index (χ0v) is 13.1. The number of rotatable bonds is 6. The van der Waals surface area contributed by atoms with Crippen LogP contribution in [-0.2, 0) is 6.42 Å². The van der Waals surface area contributed by atoms with Crippen molar-refractivity contribution in [2.45, 2.75) is 57.4 Å². The molecule has 1 aliphatic carbocycles. The number of halogens is 2. The van der Waals surface area contributed by atoms with E-state index in [1.807, 2.05) is 7.05 Å². The van der Waals surface area contributed by atoms with Crippen molar-refractivity contribution in [3.05, 3.63) is 34.6 Å². The molecule has 3 heteroatoms. The van der Waals surface area contributed by atoms with Gasteiger partial charge in [-0.25, -0.2) is 4.39 Å². The molecule has 1 atom stereocenters. The second-order valence-electron chi connectivity index (χ2n) is 5.97. The second-order valence-corrected chi connectivity index (χ2v) is 6.38. The van der Waals surface area contributed by atoms with Gasteiger partial charge in [-0.1, -0.05) is 49.8 Å². The van der Waals surface area contributed by atoms with E-state index in [0.717, 1.165) is 12.3 Å². The van der Waals surface area contributed by atoms with E-state index in [9.17, 15) is 4.39 Å². The van der Waals surface area contributed by atoms with E-state index in [-0.39, 0.29) is 5.82 Å². The maximum Gasteiger partial charge on any atom is 0.127 e. The Kier molecular flexibility index (Phi) is 6.31. The van der Waals surface area contributed by atoms with Gasteiger partial charge in [-0.2, -0.15) is 0 Å². The molecule has 1 aromatic carbocycles. The van der Waals surface area contributed by atoms with Crippen molar-refractivity contribution in [1.82, 2.24) is 5.32 Å². The van der Waals surface area contributed by atoms with Crippen LogP contribution in [0, 0.1) is 11.7 Å². The Morgan fingerprint density at radius 3 is 2.70 bits per heavy atom. The number of nitrogens with one attached hydrogen (secondary N) is 1. The Balaban J connectivity index is 1.88. The van der Waals surface area contributed by atoms with Crippen LogP contribution in [0.4, 0.5) is 4.39 Å². The molecule has 20 heavy (non-hydrogen) atoms. The first kappa shape index (κ1) is 15.8. The quantitative estimate of drug-likeness (QED) is 0.781. The van der Waals surface area contributed by atoms with E-state index in [0.29, 0.717) is 23.0 Å². The molecule has 1 unspecified atom stereocenters. The van der Waals surface area contributed by atoms with Crippen LogP contribution in [0.1, 0.15) is 50.5 Å². The van der Waals surface area contributed by atoms with E-state index in [1.54, 1.807) is 12.1 Å². The van der Waals surface area contributed by atoms with E-state index < -0.39 is 0 Å². The van der Waals surface area contributed by atoms with Gasteiger partial charge in [-0.3, -0.25) is 0 Å². The minimum atomic E-state index is -0.185. The summed E-state index contributed by atoms with van der Waals surface area (Å²) in [6, 6.07) is 5.24. The van der Waals surface area contributed by atoms with Gasteiger partial charge in [0.25, 0.3) is 0 Å². The van der Waals surface area contributed by atoms with Crippen LogP contribution in [0.5, 0.6) is 0 Å². The first-order chi connectivity index (χ1) is 9.70. The molecule has 112 valence electrons. The summed E-state index contributed by atoms with van der Waals surface area (Å²) in [5, 5.41) is 3.86. The molecule has 1 saturated carbocycles. The Morgan fingerprint density at radius 2 is 2.05 bits per heavy atom. The second kappa shape index (κ2) is 7.99. The van der Waals surface area contributed by atoms with Gasteiger partial charge in [0.1, 0.15) is 5.82 Å². The molecule has 0 bridgehead atoms. The van der Waals surface area contributed by atoms with Gasteiger partial charge >= 0.3 is 0 Å². The summed E-state index contributed by atoms with van der Waals surface area (Å²) in [4.78, 5) is 0. The summed E-state index contributed by atoms with van der Waals surface area (Å²) in [5.41, 5.74) is 0.650. The molecule has 0 saturated heterocycles. The molecule has 0 spiro atoms. The lowest BCUT2D eigenvalue weighted by atomic mass is 9.84. The van der Waals surface area contributed by atoms with Gasteiger partial charge in [0.2, 0.25) is 0 Å². The topological polar surface area (TPSA) is 12.0 Å². The fraction of sp³-hybridized carbons (Fsp3) is 0.647. The predicted octanol–water partition coefficient (Wildman–Crippen LogP) is 4.97. The molecular formula is C17H25ClFN. The highest BCUT2D eigenvalue weighted by Gasteiger charge is 2.17. The smallest absolute Gasteiger partial charge is 0.127 e. The first-order valence-electron chi connectivity index (χ1n) is 7.81. The van der Waals surface area contributed by atoms with Crippen LogP contribution in [0.3, 0.4) is 0 Å². The number of hydrogen-bond donors (Lipinski definition) is 1. The average molecular weight is 298 g/mol. The Labute approximate surface area is 126 Å².